The number of amides is 2. The van der Waals surface area contributed by atoms with Crippen molar-refractivity contribution in [2.75, 3.05) is 13.1 Å². The monoisotopic (exact) mass is 432 g/mol. The first kappa shape index (κ1) is 19.6. The van der Waals surface area contributed by atoms with E-state index in [1.54, 1.807) is 9.80 Å². The van der Waals surface area contributed by atoms with E-state index >= 15 is 0 Å². The number of hydrogen-bond acceptors (Lipinski definition) is 4. The van der Waals surface area contributed by atoms with Gasteiger partial charge in [-0.3, -0.25) is 9.59 Å². The summed E-state index contributed by atoms with van der Waals surface area (Å²) in [6.45, 7) is 2.86. The Morgan fingerprint density at radius 2 is 1.83 bits per heavy atom. The predicted octanol–water partition coefficient (Wildman–Crippen LogP) is 4.03. The van der Waals surface area contributed by atoms with Crippen LogP contribution in [0.1, 0.15) is 51.8 Å². The predicted molar refractivity (Wildman–Crippen MR) is 107 cm³/mol. The normalized spacial score (nSPS) is 25.2. The molecule has 0 bridgehead atoms. The molecule has 2 aromatic rings. The summed E-state index contributed by atoms with van der Waals surface area (Å²) in [6, 6.07) is 6.79. The summed E-state index contributed by atoms with van der Waals surface area (Å²) in [4.78, 5) is 31.3. The zero-order valence-corrected chi connectivity index (χ0v) is 17.4. The van der Waals surface area contributed by atoms with Gasteiger partial charge in [-0.05, 0) is 49.6 Å². The van der Waals surface area contributed by atoms with Crippen molar-refractivity contribution in [3.8, 4) is 0 Å². The molecule has 5 nitrogen and oxygen atoms in total. The van der Waals surface area contributed by atoms with Gasteiger partial charge in [0.1, 0.15) is 17.9 Å². The van der Waals surface area contributed by atoms with Crippen LogP contribution in [0.25, 0.3) is 0 Å². The van der Waals surface area contributed by atoms with Gasteiger partial charge < -0.3 is 14.5 Å². The fourth-order valence-electron chi connectivity index (χ4n) is 4.92. The van der Waals surface area contributed by atoms with Crippen molar-refractivity contribution in [3.63, 3.8) is 0 Å². The van der Waals surface area contributed by atoms with Crippen LogP contribution in [0.5, 0.6) is 0 Å². The molecule has 3 fully saturated rings. The zero-order valence-electron chi connectivity index (χ0n) is 16.6. The molecule has 3 aliphatic heterocycles. The Kier molecular flexibility index (Phi) is 4.67. The first-order valence-corrected chi connectivity index (χ1v) is 11.0. The van der Waals surface area contributed by atoms with E-state index in [0.717, 1.165) is 10.9 Å². The van der Waals surface area contributed by atoms with Crippen LogP contribution in [0, 0.1) is 18.6 Å². The fourth-order valence-corrected chi connectivity index (χ4v) is 5.75. The van der Waals surface area contributed by atoms with E-state index in [0.29, 0.717) is 49.2 Å². The lowest BCUT2D eigenvalue weighted by atomic mass is 9.89. The van der Waals surface area contributed by atoms with Gasteiger partial charge in [0.15, 0.2) is 5.60 Å². The minimum absolute atomic E-state index is 0.0120. The number of fused-ring (bicyclic) bond motifs is 1. The largest absolute Gasteiger partial charge is 0.342 e. The van der Waals surface area contributed by atoms with E-state index in [1.165, 1.54) is 23.5 Å². The van der Waals surface area contributed by atoms with Gasteiger partial charge in [-0.15, -0.1) is 11.3 Å². The summed E-state index contributed by atoms with van der Waals surface area (Å²) < 4.78 is 33.7. The number of carbonyl (C=O) groups excluding carboxylic acids is 2. The highest BCUT2D eigenvalue weighted by Gasteiger charge is 2.58. The second kappa shape index (κ2) is 7.13. The lowest BCUT2D eigenvalue weighted by Crippen LogP contribution is -2.51. The van der Waals surface area contributed by atoms with Crippen LogP contribution in [-0.4, -0.2) is 46.5 Å². The van der Waals surface area contributed by atoms with Crippen LogP contribution in [0.4, 0.5) is 8.78 Å². The maximum atomic E-state index is 13.7. The first-order valence-electron chi connectivity index (χ1n) is 10.2. The third-order valence-electron chi connectivity index (χ3n) is 6.40. The summed E-state index contributed by atoms with van der Waals surface area (Å²) >= 11 is 1.47. The average Bonchev–Trinajstić information content (AvgIpc) is 3.38. The Labute approximate surface area is 177 Å². The quantitative estimate of drug-likeness (QED) is 0.720. The van der Waals surface area contributed by atoms with E-state index in [2.05, 4.69) is 0 Å². The van der Waals surface area contributed by atoms with Gasteiger partial charge in [0, 0.05) is 36.9 Å². The van der Waals surface area contributed by atoms with E-state index in [9.17, 15) is 18.4 Å². The molecule has 2 atom stereocenters. The Balaban J connectivity index is 1.32. The summed E-state index contributed by atoms with van der Waals surface area (Å²) in [5.74, 6) is -1.43. The van der Waals surface area contributed by atoms with Gasteiger partial charge in [0.25, 0.3) is 11.8 Å². The second-order valence-corrected chi connectivity index (χ2v) is 9.57. The molecule has 3 saturated heterocycles. The molecule has 1 aromatic heterocycles. The third kappa shape index (κ3) is 3.13. The van der Waals surface area contributed by atoms with Gasteiger partial charge in [-0.1, -0.05) is 0 Å². The molecular weight excluding hydrogens is 410 g/mol. The minimum Gasteiger partial charge on any atom is -0.342 e. The number of ether oxygens (including phenoxy) is 1. The molecule has 0 aliphatic carbocycles. The second-order valence-electron chi connectivity index (χ2n) is 8.28. The minimum atomic E-state index is -0.947. The van der Waals surface area contributed by atoms with Crippen LogP contribution in [-0.2, 0) is 9.53 Å². The highest BCUT2D eigenvalue weighted by molar-refractivity contribution is 7.13. The number of piperidine rings is 1. The Hall–Kier alpha value is -2.32. The molecular formula is C22H22F2N2O3S. The zero-order chi connectivity index (χ0) is 21.0. The van der Waals surface area contributed by atoms with E-state index in [1.807, 2.05) is 19.1 Å². The van der Waals surface area contributed by atoms with E-state index in [-0.39, 0.29) is 24.1 Å². The molecule has 3 aliphatic rings. The number of carbonyl (C=O) groups is 2. The molecule has 30 heavy (non-hydrogen) atoms. The van der Waals surface area contributed by atoms with E-state index < -0.39 is 17.2 Å². The Bertz CT molecular complexity index is 995. The lowest BCUT2D eigenvalue weighted by molar-refractivity contribution is -0.142. The van der Waals surface area contributed by atoms with Crippen molar-refractivity contribution in [2.45, 2.75) is 50.5 Å². The number of aryl methyl sites for hydroxylation is 1. The number of rotatable bonds is 2. The van der Waals surface area contributed by atoms with Crippen LogP contribution in [0.15, 0.2) is 30.3 Å². The standard InChI is InChI=1S/C22H22F2N2O3S/c1-13-2-4-18(30-13)20(27)25-8-6-22(7-9-25)21(28)26-17(3-5-19(26)29-22)14-10-15(23)12-16(24)11-14/h2,4,10-12,17,19H,3,5-9H2,1H3/t17-,19+/m0/s1. The molecule has 2 amide bonds. The number of benzene rings is 1. The summed E-state index contributed by atoms with van der Waals surface area (Å²) in [5, 5.41) is 0. The smallest absolute Gasteiger partial charge is 0.263 e. The number of likely N-dealkylation sites (tertiary alicyclic amines) is 1. The molecule has 0 saturated carbocycles. The maximum Gasteiger partial charge on any atom is 0.263 e. The molecule has 158 valence electrons. The fraction of sp³-hybridized carbons (Fsp3) is 0.455. The van der Waals surface area contributed by atoms with Crippen molar-refractivity contribution >= 4 is 23.2 Å². The number of hydrogen-bond donors (Lipinski definition) is 0. The highest BCUT2D eigenvalue weighted by Crippen LogP contribution is 2.47. The van der Waals surface area contributed by atoms with Crippen LogP contribution in [0.2, 0.25) is 0 Å². The number of thiophene rings is 1. The average molecular weight is 432 g/mol. The summed E-state index contributed by atoms with van der Waals surface area (Å²) in [7, 11) is 0. The van der Waals surface area contributed by atoms with Crippen LogP contribution < -0.4 is 0 Å². The van der Waals surface area contributed by atoms with E-state index in [4.69, 9.17) is 4.74 Å². The van der Waals surface area contributed by atoms with Crippen molar-refractivity contribution in [1.82, 2.24) is 9.80 Å². The molecule has 0 N–H and O–H groups in total. The Morgan fingerprint density at radius 1 is 1.13 bits per heavy atom. The lowest BCUT2D eigenvalue weighted by Gasteiger charge is -2.37. The van der Waals surface area contributed by atoms with Gasteiger partial charge >= 0.3 is 0 Å². The van der Waals surface area contributed by atoms with Gasteiger partial charge in [-0.25, -0.2) is 8.78 Å². The van der Waals surface area contributed by atoms with Gasteiger partial charge in [-0.2, -0.15) is 0 Å². The Morgan fingerprint density at radius 3 is 2.47 bits per heavy atom. The molecule has 0 radical (unpaired) electrons. The molecule has 4 heterocycles. The van der Waals surface area contributed by atoms with Crippen molar-refractivity contribution in [3.05, 3.63) is 57.3 Å². The molecule has 1 aromatic carbocycles. The number of nitrogens with zero attached hydrogens (tertiary/aromatic N) is 2. The summed E-state index contributed by atoms with van der Waals surface area (Å²) in [5.41, 5.74) is -0.484. The number of halogens is 2. The van der Waals surface area contributed by atoms with Gasteiger partial charge in [0.05, 0.1) is 10.9 Å². The van der Waals surface area contributed by atoms with Crippen LogP contribution >= 0.6 is 11.3 Å². The molecule has 8 heteroatoms. The first-order chi connectivity index (χ1) is 14.4. The van der Waals surface area contributed by atoms with Gasteiger partial charge in [0.2, 0.25) is 0 Å². The van der Waals surface area contributed by atoms with Crippen molar-refractivity contribution < 1.29 is 23.1 Å². The summed E-state index contributed by atoms with van der Waals surface area (Å²) in [6.07, 6.45) is 1.72. The topological polar surface area (TPSA) is 49.9 Å². The third-order valence-corrected chi connectivity index (χ3v) is 7.39. The van der Waals surface area contributed by atoms with Crippen LogP contribution in [0.3, 0.4) is 0 Å². The molecule has 0 unspecified atom stereocenters. The molecule has 5 rings (SSSR count). The highest BCUT2D eigenvalue weighted by atomic mass is 32.1. The maximum absolute atomic E-state index is 13.7. The molecule has 1 spiro atoms. The van der Waals surface area contributed by atoms with Crippen molar-refractivity contribution in [2.24, 2.45) is 0 Å². The van der Waals surface area contributed by atoms with Crippen molar-refractivity contribution in [1.29, 1.82) is 0 Å². The SMILES string of the molecule is Cc1ccc(C(=O)N2CCC3(CC2)O[C@@H]2CC[C@@H](c4cc(F)cc(F)c4)N2C3=O)s1.